The molecule has 0 fully saturated rings. The molecule has 1 atom stereocenters. The van der Waals surface area contributed by atoms with Crippen molar-refractivity contribution in [1.29, 1.82) is 0 Å². The second-order valence-electron chi connectivity index (χ2n) is 8.99. The Morgan fingerprint density at radius 1 is 1.13 bits per heavy atom. The summed E-state index contributed by atoms with van der Waals surface area (Å²) in [5.74, 6) is -0.948. The third-order valence-electron chi connectivity index (χ3n) is 6.54. The van der Waals surface area contributed by atoms with Gasteiger partial charge in [-0.05, 0) is 87.4 Å². The quantitative estimate of drug-likeness (QED) is 0.302. The van der Waals surface area contributed by atoms with Crippen LogP contribution in [0.5, 0.6) is 0 Å². The number of nitrogens with zero attached hydrogens (tertiary/aromatic N) is 3. The van der Waals surface area contributed by atoms with E-state index in [0.29, 0.717) is 20.6 Å². The molecule has 4 aromatic rings. The molecule has 0 aliphatic carbocycles. The first kappa shape index (κ1) is 26.1. The zero-order valence-corrected chi connectivity index (χ0v) is 23.7. The number of halogens is 2. The van der Waals surface area contributed by atoms with E-state index in [-0.39, 0.29) is 17.7 Å². The van der Waals surface area contributed by atoms with Gasteiger partial charge in [-0.3, -0.25) is 9.36 Å². The number of ether oxygens (including phenoxy) is 1. The van der Waals surface area contributed by atoms with Crippen LogP contribution < -0.4 is 14.9 Å². The van der Waals surface area contributed by atoms with Crippen LogP contribution in [0.1, 0.15) is 42.4 Å². The van der Waals surface area contributed by atoms with Crippen molar-refractivity contribution >= 4 is 39.3 Å². The highest BCUT2D eigenvalue weighted by Crippen LogP contribution is 2.31. The second kappa shape index (κ2) is 10.3. The predicted octanol–water partition coefficient (Wildman–Crippen LogP) is 5.11. The van der Waals surface area contributed by atoms with Crippen LogP contribution in [-0.2, 0) is 9.53 Å². The standard InChI is InChI=1S/C29H25BrFN3O3S/c1-5-37-28(36)25-17(3)32-29-34(26(25)19-6-10-22(31)11-7-19)27(35)24(38-29)15-20-14-16(2)33(18(20)4)23-12-8-21(30)9-13-23/h6-15,26H,5H2,1-4H3/b24-15-/t26-/m1/s1. The van der Waals surface area contributed by atoms with Crippen LogP contribution >= 0.6 is 27.3 Å². The molecule has 0 radical (unpaired) electrons. The van der Waals surface area contributed by atoms with Crippen molar-refractivity contribution in [2.75, 3.05) is 6.61 Å². The molecule has 0 bridgehead atoms. The predicted molar refractivity (Wildman–Crippen MR) is 150 cm³/mol. The summed E-state index contributed by atoms with van der Waals surface area (Å²) in [6.07, 6.45) is 1.87. The number of fused-ring (bicyclic) bond motifs is 1. The van der Waals surface area contributed by atoms with Crippen LogP contribution in [0.3, 0.4) is 0 Å². The third kappa shape index (κ3) is 4.61. The van der Waals surface area contributed by atoms with Gasteiger partial charge in [0.25, 0.3) is 5.56 Å². The van der Waals surface area contributed by atoms with E-state index in [0.717, 1.165) is 27.1 Å². The first-order chi connectivity index (χ1) is 18.2. The van der Waals surface area contributed by atoms with Crippen LogP contribution in [0.4, 0.5) is 4.39 Å². The number of aryl methyl sites for hydroxylation is 1. The number of benzene rings is 2. The molecule has 9 heteroatoms. The maximum atomic E-state index is 13.8. The summed E-state index contributed by atoms with van der Waals surface area (Å²) in [7, 11) is 0. The number of carbonyl (C=O) groups excluding carboxylic acids is 1. The minimum Gasteiger partial charge on any atom is -0.463 e. The average molecular weight is 595 g/mol. The van der Waals surface area contributed by atoms with Crippen LogP contribution in [0.25, 0.3) is 11.8 Å². The van der Waals surface area contributed by atoms with E-state index < -0.39 is 17.8 Å². The summed E-state index contributed by atoms with van der Waals surface area (Å²) in [5, 5.41) is 0. The molecule has 0 saturated carbocycles. The zero-order valence-electron chi connectivity index (χ0n) is 21.3. The second-order valence-corrected chi connectivity index (χ2v) is 10.9. The molecule has 6 nitrogen and oxygen atoms in total. The van der Waals surface area contributed by atoms with Gasteiger partial charge in [0.1, 0.15) is 5.82 Å². The van der Waals surface area contributed by atoms with Crippen molar-refractivity contribution < 1.29 is 13.9 Å². The highest BCUT2D eigenvalue weighted by atomic mass is 79.9. The SMILES string of the molecule is CCOC(=O)C1=C(C)N=c2s/c(=C\c3cc(C)n(-c4ccc(Br)cc4)c3C)c(=O)n2[C@@H]1c1ccc(F)cc1. The van der Waals surface area contributed by atoms with Crippen LogP contribution in [0.15, 0.2) is 80.1 Å². The van der Waals surface area contributed by atoms with Gasteiger partial charge < -0.3 is 9.30 Å². The topological polar surface area (TPSA) is 65.6 Å². The van der Waals surface area contributed by atoms with E-state index in [9.17, 15) is 14.0 Å². The Kier molecular flexibility index (Phi) is 7.07. The van der Waals surface area contributed by atoms with Gasteiger partial charge in [0.15, 0.2) is 4.80 Å². The van der Waals surface area contributed by atoms with E-state index in [1.807, 2.05) is 50.3 Å². The van der Waals surface area contributed by atoms with Crippen molar-refractivity contribution in [3.05, 3.63) is 118 Å². The average Bonchev–Trinajstić information content (AvgIpc) is 3.34. The van der Waals surface area contributed by atoms with Crippen molar-refractivity contribution in [3.8, 4) is 5.69 Å². The minimum atomic E-state index is -0.775. The number of allylic oxidation sites excluding steroid dienone is 1. The number of carbonyl (C=O) groups is 1. The molecular weight excluding hydrogens is 569 g/mol. The molecule has 2 aromatic heterocycles. The van der Waals surface area contributed by atoms with Crippen molar-refractivity contribution in [2.45, 2.75) is 33.7 Å². The highest BCUT2D eigenvalue weighted by Gasteiger charge is 2.33. The Morgan fingerprint density at radius 2 is 1.82 bits per heavy atom. The smallest absolute Gasteiger partial charge is 0.338 e. The molecule has 5 rings (SSSR count). The van der Waals surface area contributed by atoms with Gasteiger partial charge >= 0.3 is 5.97 Å². The summed E-state index contributed by atoms with van der Waals surface area (Å²) < 4.78 is 24.2. The van der Waals surface area contributed by atoms with Gasteiger partial charge in [-0.15, -0.1) is 0 Å². The summed E-state index contributed by atoms with van der Waals surface area (Å²) in [6, 6.07) is 15.1. The lowest BCUT2D eigenvalue weighted by Crippen LogP contribution is -2.39. The fourth-order valence-corrected chi connectivity index (χ4v) is 6.12. The lowest BCUT2D eigenvalue weighted by Gasteiger charge is -2.24. The molecular formula is C29H25BrFN3O3S. The van der Waals surface area contributed by atoms with Gasteiger partial charge in [-0.25, -0.2) is 14.2 Å². The fourth-order valence-electron chi connectivity index (χ4n) is 4.81. The Balaban J connectivity index is 1.68. The van der Waals surface area contributed by atoms with Gasteiger partial charge in [-0.2, -0.15) is 0 Å². The molecule has 194 valence electrons. The number of aromatic nitrogens is 2. The van der Waals surface area contributed by atoms with Crippen molar-refractivity contribution in [2.24, 2.45) is 4.99 Å². The van der Waals surface area contributed by atoms with E-state index in [1.54, 1.807) is 26.0 Å². The van der Waals surface area contributed by atoms with Gasteiger partial charge in [0.2, 0.25) is 0 Å². The zero-order chi connectivity index (χ0) is 27.1. The summed E-state index contributed by atoms with van der Waals surface area (Å²) >= 11 is 4.74. The van der Waals surface area contributed by atoms with Crippen LogP contribution in [-0.4, -0.2) is 21.7 Å². The lowest BCUT2D eigenvalue weighted by atomic mass is 9.96. The fraction of sp³-hybridized carbons (Fsp3) is 0.207. The maximum absolute atomic E-state index is 13.8. The number of esters is 1. The van der Waals surface area contributed by atoms with Gasteiger partial charge in [-0.1, -0.05) is 39.4 Å². The molecule has 2 aromatic carbocycles. The Hall–Kier alpha value is -3.56. The van der Waals surface area contributed by atoms with E-state index >= 15 is 0 Å². The van der Waals surface area contributed by atoms with Gasteiger partial charge in [0, 0.05) is 21.5 Å². The summed E-state index contributed by atoms with van der Waals surface area (Å²) in [6.45, 7) is 7.68. The van der Waals surface area contributed by atoms with E-state index in [4.69, 9.17) is 4.74 Å². The molecule has 0 unspecified atom stereocenters. The molecule has 0 saturated heterocycles. The minimum absolute atomic E-state index is 0.185. The third-order valence-corrected chi connectivity index (χ3v) is 8.06. The lowest BCUT2D eigenvalue weighted by molar-refractivity contribution is -0.139. The number of thiazole rings is 1. The number of hydrogen-bond acceptors (Lipinski definition) is 5. The molecule has 0 N–H and O–H groups in total. The Morgan fingerprint density at radius 3 is 2.47 bits per heavy atom. The molecule has 3 heterocycles. The molecule has 38 heavy (non-hydrogen) atoms. The molecule has 0 amide bonds. The summed E-state index contributed by atoms with van der Waals surface area (Å²) in [5.41, 5.74) is 5.04. The maximum Gasteiger partial charge on any atom is 0.338 e. The summed E-state index contributed by atoms with van der Waals surface area (Å²) in [4.78, 5) is 31.9. The number of rotatable bonds is 5. The number of hydrogen-bond donors (Lipinski definition) is 0. The normalized spacial score (nSPS) is 15.4. The van der Waals surface area contributed by atoms with E-state index in [2.05, 4.69) is 25.5 Å². The van der Waals surface area contributed by atoms with Gasteiger partial charge in [0.05, 0.1) is 28.5 Å². The van der Waals surface area contributed by atoms with Crippen molar-refractivity contribution in [3.63, 3.8) is 0 Å². The highest BCUT2D eigenvalue weighted by molar-refractivity contribution is 9.10. The van der Waals surface area contributed by atoms with Crippen LogP contribution in [0, 0.1) is 19.7 Å². The molecule has 0 spiro atoms. The first-order valence-corrected chi connectivity index (χ1v) is 13.7. The van der Waals surface area contributed by atoms with E-state index in [1.165, 1.54) is 28.0 Å². The van der Waals surface area contributed by atoms with Crippen molar-refractivity contribution in [1.82, 2.24) is 9.13 Å². The largest absolute Gasteiger partial charge is 0.463 e. The molecule has 1 aliphatic heterocycles. The Bertz CT molecular complexity index is 1760. The Labute approximate surface area is 231 Å². The molecule has 1 aliphatic rings. The van der Waals surface area contributed by atoms with Crippen LogP contribution in [0.2, 0.25) is 0 Å². The monoisotopic (exact) mass is 593 g/mol. The first-order valence-electron chi connectivity index (χ1n) is 12.1.